The van der Waals surface area contributed by atoms with Gasteiger partial charge in [0.15, 0.2) is 5.60 Å². The molecule has 2 N–H and O–H groups in total. The summed E-state index contributed by atoms with van der Waals surface area (Å²) < 4.78 is 67.2. The maximum Gasteiger partial charge on any atom is 0.421 e. The van der Waals surface area contributed by atoms with E-state index in [0.717, 1.165) is 6.20 Å². The van der Waals surface area contributed by atoms with E-state index in [1.807, 2.05) is 0 Å². The molecule has 1 unspecified atom stereocenters. The van der Waals surface area contributed by atoms with Crippen molar-refractivity contribution in [3.63, 3.8) is 0 Å². The van der Waals surface area contributed by atoms with E-state index >= 15 is 0 Å². The number of hydrogen-bond donors (Lipinski definition) is 2. The van der Waals surface area contributed by atoms with Crippen molar-refractivity contribution in [2.24, 2.45) is 0 Å². The molecule has 10 nitrogen and oxygen atoms in total. The van der Waals surface area contributed by atoms with E-state index in [2.05, 4.69) is 20.3 Å². The number of imidazole rings is 1. The van der Waals surface area contributed by atoms with Crippen LogP contribution in [0.15, 0.2) is 30.7 Å². The summed E-state index contributed by atoms with van der Waals surface area (Å²) in [5.41, 5.74) is -3.62. The van der Waals surface area contributed by atoms with Gasteiger partial charge in [-0.25, -0.2) is 24.1 Å². The molecule has 3 aromatic heterocycles. The fourth-order valence-electron chi connectivity index (χ4n) is 3.99. The average Bonchev–Trinajstić information content (AvgIpc) is 3.39. The van der Waals surface area contributed by atoms with E-state index in [-0.39, 0.29) is 36.1 Å². The van der Waals surface area contributed by atoms with Gasteiger partial charge in [-0.2, -0.15) is 13.2 Å². The third-order valence-electron chi connectivity index (χ3n) is 6.04. The molecule has 206 valence electrons. The fraction of sp³-hybridized carbons (Fsp3) is 0.500. The number of pyridine rings is 1. The molecular weight excluding hydrogens is 512 g/mol. The first kappa shape index (κ1) is 27.4. The number of anilines is 1. The third-order valence-corrected chi connectivity index (χ3v) is 6.04. The molecule has 0 spiro atoms. The predicted octanol–water partition coefficient (Wildman–Crippen LogP) is 3.94. The molecule has 4 heterocycles. The van der Waals surface area contributed by atoms with E-state index < -0.39 is 41.2 Å². The van der Waals surface area contributed by atoms with E-state index in [9.17, 15) is 27.5 Å². The Kier molecular flexibility index (Phi) is 6.89. The maximum atomic E-state index is 14.7. The van der Waals surface area contributed by atoms with Crippen LogP contribution in [0.2, 0.25) is 0 Å². The Bertz CT molecular complexity index is 1340. The summed E-state index contributed by atoms with van der Waals surface area (Å²) in [5, 5.41) is 13.2. The Balaban J connectivity index is 1.62. The topological polar surface area (TPSA) is 114 Å². The number of halogens is 4. The van der Waals surface area contributed by atoms with Gasteiger partial charge in [0.2, 0.25) is 5.95 Å². The minimum atomic E-state index is -4.97. The van der Waals surface area contributed by atoms with Crippen molar-refractivity contribution >= 4 is 17.7 Å². The molecule has 1 aliphatic rings. The first-order valence-corrected chi connectivity index (χ1v) is 11.7. The number of rotatable bonds is 5. The zero-order chi connectivity index (χ0) is 28.0. The number of ether oxygens (including phenoxy) is 2. The summed E-state index contributed by atoms with van der Waals surface area (Å²) in [7, 11) is 1.19. The number of fused-ring (bicyclic) bond motifs is 1. The molecule has 3 aromatic rings. The summed E-state index contributed by atoms with van der Waals surface area (Å²) in [4.78, 5) is 26.3. The first-order chi connectivity index (χ1) is 17.6. The van der Waals surface area contributed by atoms with Gasteiger partial charge in [-0.05, 0) is 33.8 Å². The van der Waals surface area contributed by atoms with Gasteiger partial charge >= 0.3 is 12.3 Å². The SMILES string of the molecule is COc1cc2ncc(-c3ccnc(N[C@H]4CN(C(=O)OC(C)(C)C)C[C@@H]4F)n3)n2cc1C(C)(O)C(F)(F)F. The van der Waals surface area contributed by atoms with Crippen molar-refractivity contribution in [1.29, 1.82) is 0 Å². The van der Waals surface area contributed by atoms with Crippen molar-refractivity contribution in [1.82, 2.24) is 24.3 Å². The molecule has 38 heavy (non-hydrogen) atoms. The molecule has 0 saturated carbocycles. The second-order valence-electron chi connectivity index (χ2n) is 10.1. The number of aliphatic hydroxyl groups is 1. The predicted molar refractivity (Wildman–Crippen MR) is 129 cm³/mol. The van der Waals surface area contributed by atoms with E-state index in [4.69, 9.17) is 9.47 Å². The van der Waals surface area contributed by atoms with Gasteiger partial charge in [0.25, 0.3) is 0 Å². The maximum absolute atomic E-state index is 14.7. The Labute approximate surface area is 215 Å². The summed E-state index contributed by atoms with van der Waals surface area (Å²) in [6.07, 6.45) is -3.14. The molecule has 1 fully saturated rings. The van der Waals surface area contributed by atoms with Gasteiger partial charge in [-0.1, -0.05) is 0 Å². The highest BCUT2D eigenvalue weighted by atomic mass is 19.4. The number of nitrogens with zero attached hydrogens (tertiary/aromatic N) is 5. The van der Waals surface area contributed by atoms with Crippen molar-refractivity contribution < 1.29 is 36.9 Å². The number of likely N-dealkylation sites (tertiary alicyclic amines) is 1. The van der Waals surface area contributed by atoms with Crippen molar-refractivity contribution in [3.05, 3.63) is 36.3 Å². The van der Waals surface area contributed by atoms with Crippen LogP contribution in [0, 0.1) is 0 Å². The molecule has 3 atom stereocenters. The van der Waals surface area contributed by atoms with Gasteiger partial charge in [0.1, 0.15) is 23.2 Å². The number of methoxy groups -OCH3 is 1. The van der Waals surface area contributed by atoms with Crippen molar-refractivity contribution in [3.8, 4) is 17.1 Å². The van der Waals surface area contributed by atoms with Crippen LogP contribution >= 0.6 is 0 Å². The lowest BCUT2D eigenvalue weighted by atomic mass is 9.96. The third kappa shape index (κ3) is 5.30. The van der Waals surface area contributed by atoms with Crippen LogP contribution in [-0.4, -0.2) is 79.6 Å². The summed E-state index contributed by atoms with van der Waals surface area (Å²) in [6.45, 7) is 5.64. The van der Waals surface area contributed by atoms with E-state index in [1.54, 1.807) is 20.8 Å². The number of carbonyl (C=O) groups excluding carboxylic acids is 1. The molecule has 1 amide bonds. The second kappa shape index (κ2) is 9.57. The Hall–Kier alpha value is -3.68. The second-order valence-corrected chi connectivity index (χ2v) is 10.1. The quantitative estimate of drug-likeness (QED) is 0.468. The largest absolute Gasteiger partial charge is 0.496 e. The van der Waals surface area contributed by atoms with Crippen LogP contribution in [0.5, 0.6) is 5.75 Å². The molecule has 14 heteroatoms. The number of amides is 1. The number of nitrogens with one attached hydrogen (secondary N) is 1. The lowest BCUT2D eigenvalue weighted by molar-refractivity contribution is -0.259. The molecule has 4 rings (SSSR count). The zero-order valence-electron chi connectivity index (χ0n) is 21.4. The number of alkyl halides is 4. The highest BCUT2D eigenvalue weighted by Gasteiger charge is 2.53. The van der Waals surface area contributed by atoms with E-state index in [1.165, 1.54) is 40.9 Å². The van der Waals surface area contributed by atoms with Gasteiger partial charge in [-0.15, -0.1) is 0 Å². The normalized spacial score (nSPS) is 19.9. The Morgan fingerprint density at radius 1 is 1.18 bits per heavy atom. The zero-order valence-corrected chi connectivity index (χ0v) is 21.4. The molecule has 0 bridgehead atoms. The molecule has 1 saturated heterocycles. The molecule has 0 aliphatic carbocycles. The summed E-state index contributed by atoms with van der Waals surface area (Å²) in [6, 6.07) is 1.98. The average molecular weight is 541 g/mol. The van der Waals surface area contributed by atoms with Crippen LogP contribution in [0.3, 0.4) is 0 Å². The van der Waals surface area contributed by atoms with Crippen molar-refractivity contribution in [2.45, 2.75) is 57.3 Å². The Morgan fingerprint density at radius 3 is 2.53 bits per heavy atom. The van der Waals surface area contributed by atoms with Crippen LogP contribution < -0.4 is 10.1 Å². The van der Waals surface area contributed by atoms with Gasteiger partial charge < -0.3 is 24.8 Å². The van der Waals surface area contributed by atoms with Crippen LogP contribution in [-0.2, 0) is 10.3 Å². The van der Waals surface area contributed by atoms with Crippen LogP contribution in [0.4, 0.5) is 28.3 Å². The number of hydrogen-bond acceptors (Lipinski definition) is 8. The highest BCUT2D eigenvalue weighted by molar-refractivity contribution is 5.69. The van der Waals surface area contributed by atoms with Crippen LogP contribution in [0.25, 0.3) is 17.0 Å². The molecular formula is C24H28F4N6O4. The van der Waals surface area contributed by atoms with Gasteiger partial charge in [0, 0.05) is 25.0 Å². The van der Waals surface area contributed by atoms with Gasteiger partial charge in [-0.3, -0.25) is 4.40 Å². The van der Waals surface area contributed by atoms with E-state index in [0.29, 0.717) is 12.6 Å². The lowest BCUT2D eigenvalue weighted by Crippen LogP contribution is -2.39. The summed E-state index contributed by atoms with van der Waals surface area (Å²) in [5.74, 6) is -0.140. The molecule has 0 aromatic carbocycles. The summed E-state index contributed by atoms with van der Waals surface area (Å²) >= 11 is 0. The number of aromatic nitrogens is 4. The lowest BCUT2D eigenvalue weighted by Gasteiger charge is -2.28. The standard InChI is InChI=1S/C24H28F4N6O4/c1-22(2,3)38-21(35)33-11-14(25)16(12-33)32-20-29-7-6-15(31-20)17-9-30-19-8-18(37-5)13(10-34(17)19)23(4,36)24(26,27)28/h6-10,14,16,36H,11-12H2,1-5H3,(H,29,31,32)/t14-,16-,23?/m0/s1. The fourth-order valence-corrected chi connectivity index (χ4v) is 3.99. The Morgan fingerprint density at radius 2 is 1.89 bits per heavy atom. The monoisotopic (exact) mass is 540 g/mol. The smallest absolute Gasteiger partial charge is 0.421 e. The molecule has 0 radical (unpaired) electrons. The number of carbonyl (C=O) groups is 1. The highest BCUT2D eigenvalue weighted by Crippen LogP contribution is 2.43. The van der Waals surface area contributed by atoms with Crippen molar-refractivity contribution in [2.75, 3.05) is 25.5 Å². The van der Waals surface area contributed by atoms with Gasteiger partial charge in [0.05, 0.1) is 42.8 Å². The van der Waals surface area contributed by atoms with Crippen LogP contribution in [0.1, 0.15) is 33.3 Å². The minimum absolute atomic E-state index is 0.0228. The molecule has 1 aliphatic heterocycles. The first-order valence-electron chi connectivity index (χ1n) is 11.7. The minimum Gasteiger partial charge on any atom is -0.496 e.